The van der Waals surface area contributed by atoms with Gasteiger partial charge in [0.05, 0.1) is 6.54 Å². The molecule has 1 aromatic rings. The molecule has 102 valence electrons. The molecule has 1 aromatic carbocycles. The Morgan fingerprint density at radius 2 is 1.58 bits per heavy atom. The predicted molar refractivity (Wildman–Crippen MR) is 82.4 cm³/mol. The molecule has 0 aromatic heterocycles. The first-order valence-electron chi connectivity index (χ1n) is 7.12. The van der Waals surface area contributed by atoms with E-state index in [1.165, 1.54) is 29.5 Å². The van der Waals surface area contributed by atoms with Gasteiger partial charge in [0.15, 0.2) is 0 Å². The summed E-state index contributed by atoms with van der Waals surface area (Å²) in [5, 5.41) is 0. The zero-order chi connectivity index (χ0) is 14.3. The molecular weight excluding hydrogens is 230 g/mol. The lowest BCUT2D eigenvalue weighted by molar-refractivity contribution is 0.331. The topological polar surface area (TPSA) is 26.0 Å². The zero-order valence-corrected chi connectivity index (χ0v) is 12.9. The summed E-state index contributed by atoms with van der Waals surface area (Å²) in [7, 11) is 0. The van der Waals surface area contributed by atoms with E-state index in [-0.39, 0.29) is 10.8 Å². The average Bonchev–Trinajstić information content (AvgIpc) is 2.33. The lowest BCUT2D eigenvalue weighted by Crippen LogP contribution is -2.34. The first kappa shape index (κ1) is 14.2. The van der Waals surface area contributed by atoms with Crippen LogP contribution in [0.4, 0.5) is 0 Å². The monoisotopic (exact) mass is 255 g/mol. The quantitative estimate of drug-likeness (QED) is 0.704. The molecule has 0 saturated heterocycles. The summed E-state index contributed by atoms with van der Waals surface area (Å²) < 4.78 is 0. The molecule has 2 N–H and O–H groups in total. The van der Waals surface area contributed by atoms with Crippen LogP contribution in [-0.2, 0) is 10.8 Å². The smallest absolute Gasteiger partial charge is 0.0555 e. The largest absolute Gasteiger partial charge is 0.320 e. The van der Waals surface area contributed by atoms with Crippen molar-refractivity contribution in [2.24, 2.45) is 5.73 Å². The van der Waals surface area contributed by atoms with E-state index >= 15 is 0 Å². The summed E-state index contributed by atoms with van der Waals surface area (Å²) in [6.07, 6.45) is 2.49. The average molecular weight is 255 g/mol. The van der Waals surface area contributed by atoms with Crippen LogP contribution in [0.15, 0.2) is 12.1 Å². The fraction of sp³-hybridized carbons (Fsp3) is 0.556. The van der Waals surface area contributed by atoms with Gasteiger partial charge >= 0.3 is 0 Å². The Balaban J connectivity index is 2.65. The van der Waals surface area contributed by atoms with Gasteiger partial charge in [0.25, 0.3) is 0 Å². The Bertz CT molecular complexity index is 553. The van der Waals surface area contributed by atoms with Crippen molar-refractivity contribution in [3.63, 3.8) is 0 Å². The number of rotatable bonds is 0. The Labute approximate surface area is 117 Å². The minimum absolute atomic E-state index is 0.248. The van der Waals surface area contributed by atoms with Crippen molar-refractivity contribution in [1.82, 2.24) is 0 Å². The maximum Gasteiger partial charge on any atom is 0.0555 e. The van der Waals surface area contributed by atoms with Crippen LogP contribution in [0.5, 0.6) is 0 Å². The summed E-state index contributed by atoms with van der Waals surface area (Å²) in [6.45, 7) is 12.0. The fourth-order valence-electron chi connectivity index (χ4n) is 3.00. The molecule has 0 saturated carbocycles. The molecule has 0 spiro atoms. The number of benzene rings is 1. The molecule has 1 aliphatic carbocycles. The van der Waals surface area contributed by atoms with E-state index in [1.807, 2.05) is 0 Å². The van der Waals surface area contributed by atoms with Gasteiger partial charge in [0.2, 0.25) is 0 Å². The van der Waals surface area contributed by atoms with E-state index in [0.29, 0.717) is 6.54 Å². The molecule has 0 amide bonds. The highest BCUT2D eigenvalue weighted by atomic mass is 14.5. The van der Waals surface area contributed by atoms with E-state index in [9.17, 15) is 0 Å². The maximum absolute atomic E-state index is 5.49. The van der Waals surface area contributed by atoms with Crippen molar-refractivity contribution in [3.05, 3.63) is 34.4 Å². The number of aryl methyl sites for hydroxylation is 1. The molecular formula is C18H25N. The molecule has 0 fully saturated rings. The van der Waals surface area contributed by atoms with Crippen molar-refractivity contribution in [2.75, 3.05) is 6.54 Å². The molecule has 0 atom stereocenters. The highest BCUT2D eigenvalue weighted by Gasteiger charge is 2.37. The highest BCUT2D eigenvalue weighted by Crippen LogP contribution is 2.46. The fourth-order valence-corrected chi connectivity index (χ4v) is 3.00. The third kappa shape index (κ3) is 2.55. The second-order valence-corrected chi connectivity index (χ2v) is 6.99. The van der Waals surface area contributed by atoms with Gasteiger partial charge in [-0.3, -0.25) is 0 Å². The first-order valence-corrected chi connectivity index (χ1v) is 7.12. The van der Waals surface area contributed by atoms with Crippen LogP contribution >= 0.6 is 0 Å². The number of fused-ring (bicyclic) bond motifs is 1. The van der Waals surface area contributed by atoms with Gasteiger partial charge in [-0.15, -0.1) is 0 Å². The van der Waals surface area contributed by atoms with Gasteiger partial charge in [-0.1, -0.05) is 45.6 Å². The van der Waals surface area contributed by atoms with Crippen molar-refractivity contribution in [1.29, 1.82) is 0 Å². The molecule has 0 unspecified atom stereocenters. The molecule has 1 aliphatic rings. The van der Waals surface area contributed by atoms with E-state index in [0.717, 1.165) is 5.56 Å². The van der Waals surface area contributed by atoms with Crippen LogP contribution in [0.1, 0.15) is 62.8 Å². The molecule has 19 heavy (non-hydrogen) atoms. The number of hydrogen-bond donors (Lipinski definition) is 1. The van der Waals surface area contributed by atoms with Crippen LogP contribution < -0.4 is 5.73 Å². The molecule has 0 aliphatic heterocycles. The van der Waals surface area contributed by atoms with Crippen molar-refractivity contribution >= 4 is 0 Å². The van der Waals surface area contributed by atoms with Crippen molar-refractivity contribution in [2.45, 2.75) is 58.3 Å². The third-order valence-corrected chi connectivity index (χ3v) is 4.52. The van der Waals surface area contributed by atoms with Crippen molar-refractivity contribution < 1.29 is 0 Å². The Hall–Kier alpha value is -1.26. The molecule has 0 heterocycles. The van der Waals surface area contributed by atoms with Crippen LogP contribution in [-0.4, -0.2) is 6.54 Å². The summed E-state index contributed by atoms with van der Waals surface area (Å²) in [4.78, 5) is 0. The molecule has 0 bridgehead atoms. The zero-order valence-electron chi connectivity index (χ0n) is 12.9. The standard InChI is InChI=1S/C18H25N/c1-13-11-15-16(12-14(13)7-6-10-19)18(4,5)9-8-17(15,2)3/h11-12H,8-10,19H2,1-5H3. The van der Waals surface area contributed by atoms with E-state index in [1.54, 1.807) is 0 Å². The Morgan fingerprint density at radius 1 is 1.05 bits per heavy atom. The molecule has 0 radical (unpaired) electrons. The van der Waals surface area contributed by atoms with Crippen LogP contribution in [0.2, 0.25) is 0 Å². The minimum atomic E-state index is 0.248. The van der Waals surface area contributed by atoms with Gasteiger partial charge < -0.3 is 5.73 Å². The third-order valence-electron chi connectivity index (χ3n) is 4.52. The van der Waals surface area contributed by atoms with E-state index in [2.05, 4.69) is 58.6 Å². The van der Waals surface area contributed by atoms with Gasteiger partial charge in [0.1, 0.15) is 0 Å². The van der Waals surface area contributed by atoms with Gasteiger partial charge in [-0.25, -0.2) is 0 Å². The molecule has 1 nitrogen and oxygen atoms in total. The SMILES string of the molecule is Cc1cc2c(cc1C#CCN)C(C)(C)CCC2(C)C. The van der Waals surface area contributed by atoms with Crippen LogP contribution in [0.3, 0.4) is 0 Å². The number of hydrogen-bond acceptors (Lipinski definition) is 1. The Kier molecular flexibility index (Phi) is 3.49. The second-order valence-electron chi connectivity index (χ2n) is 6.99. The van der Waals surface area contributed by atoms with Gasteiger partial charge in [0, 0.05) is 5.56 Å². The normalized spacial score (nSPS) is 19.3. The summed E-state index contributed by atoms with van der Waals surface area (Å²) in [5.74, 6) is 6.19. The van der Waals surface area contributed by atoms with Crippen LogP contribution in [0.25, 0.3) is 0 Å². The Morgan fingerprint density at radius 3 is 2.11 bits per heavy atom. The molecule has 1 heteroatoms. The first-order chi connectivity index (χ1) is 8.78. The predicted octanol–water partition coefficient (Wildman–Crippen LogP) is 3.65. The second kappa shape index (κ2) is 4.69. The summed E-state index contributed by atoms with van der Waals surface area (Å²) >= 11 is 0. The molecule has 2 rings (SSSR count). The maximum atomic E-state index is 5.49. The minimum Gasteiger partial charge on any atom is -0.320 e. The van der Waals surface area contributed by atoms with E-state index < -0.39 is 0 Å². The van der Waals surface area contributed by atoms with Gasteiger partial charge in [-0.05, 0) is 53.4 Å². The number of nitrogens with two attached hydrogens (primary N) is 1. The van der Waals surface area contributed by atoms with E-state index in [4.69, 9.17) is 5.73 Å². The lowest BCUT2D eigenvalue weighted by atomic mass is 9.62. The highest BCUT2D eigenvalue weighted by molar-refractivity contribution is 5.52. The van der Waals surface area contributed by atoms with Crippen LogP contribution in [0, 0.1) is 18.8 Å². The lowest BCUT2D eigenvalue weighted by Gasteiger charge is -2.42. The summed E-state index contributed by atoms with van der Waals surface area (Å²) in [5.41, 5.74) is 11.4. The van der Waals surface area contributed by atoms with Crippen molar-refractivity contribution in [3.8, 4) is 11.8 Å². The van der Waals surface area contributed by atoms with Gasteiger partial charge in [-0.2, -0.15) is 0 Å². The summed E-state index contributed by atoms with van der Waals surface area (Å²) in [6, 6.07) is 4.64.